The molecular weight excluding hydrogens is 452 g/mol. The molecule has 3 aromatic rings. The van der Waals surface area contributed by atoms with Crippen LogP contribution in [0.4, 0.5) is 8.78 Å². The highest BCUT2D eigenvalue weighted by Crippen LogP contribution is 2.31. The fraction of sp³-hybridized carbons (Fsp3) is 0.333. The van der Waals surface area contributed by atoms with Crippen molar-refractivity contribution in [2.75, 3.05) is 39.5 Å². The maximum atomic E-state index is 14.2. The molecule has 0 aliphatic carbocycles. The molecule has 1 atom stereocenters. The van der Waals surface area contributed by atoms with Crippen LogP contribution in [0.3, 0.4) is 0 Å². The van der Waals surface area contributed by atoms with Crippen molar-refractivity contribution in [3.05, 3.63) is 71.0 Å². The molecule has 1 saturated heterocycles. The minimum absolute atomic E-state index is 0.0672. The summed E-state index contributed by atoms with van der Waals surface area (Å²) in [6, 6.07) is 9.49. The fourth-order valence-corrected chi connectivity index (χ4v) is 3.85. The first-order valence-electron chi connectivity index (χ1n) is 10.7. The molecule has 1 unspecified atom stereocenters. The molecule has 1 fully saturated rings. The first-order chi connectivity index (χ1) is 16.0. The fourth-order valence-electron chi connectivity index (χ4n) is 3.54. The Labute approximate surface area is 196 Å². The van der Waals surface area contributed by atoms with E-state index < -0.39 is 17.7 Å². The summed E-state index contributed by atoms with van der Waals surface area (Å²) < 4.78 is 44.8. The van der Waals surface area contributed by atoms with Crippen molar-refractivity contribution in [2.45, 2.75) is 13.0 Å². The van der Waals surface area contributed by atoms with E-state index in [1.54, 1.807) is 13.1 Å². The molecule has 6 nitrogen and oxygen atoms in total. The largest absolute Gasteiger partial charge is 0.492 e. The van der Waals surface area contributed by atoms with Crippen molar-refractivity contribution in [3.63, 3.8) is 0 Å². The van der Waals surface area contributed by atoms with E-state index in [9.17, 15) is 8.78 Å². The Balaban J connectivity index is 1.38. The number of hydrogen-bond donors (Lipinski definition) is 0. The summed E-state index contributed by atoms with van der Waals surface area (Å²) in [5.41, 5.74) is 1.32. The van der Waals surface area contributed by atoms with Gasteiger partial charge in [-0.25, -0.2) is 13.8 Å². The lowest BCUT2D eigenvalue weighted by molar-refractivity contribution is 0.0322. The van der Waals surface area contributed by atoms with Gasteiger partial charge in [0.15, 0.2) is 0 Å². The molecule has 0 radical (unpaired) electrons. The van der Waals surface area contributed by atoms with Gasteiger partial charge >= 0.3 is 0 Å². The molecule has 2 aromatic carbocycles. The van der Waals surface area contributed by atoms with E-state index in [1.807, 2.05) is 24.3 Å². The highest BCUT2D eigenvalue weighted by molar-refractivity contribution is 6.31. The zero-order valence-corrected chi connectivity index (χ0v) is 18.9. The molecule has 1 aliphatic heterocycles. The van der Waals surface area contributed by atoms with Crippen LogP contribution in [0.15, 0.2) is 48.8 Å². The predicted octanol–water partition coefficient (Wildman–Crippen LogP) is 4.93. The van der Waals surface area contributed by atoms with Crippen molar-refractivity contribution >= 4 is 11.6 Å². The van der Waals surface area contributed by atoms with Crippen molar-refractivity contribution in [2.24, 2.45) is 0 Å². The van der Waals surface area contributed by atoms with Gasteiger partial charge in [-0.2, -0.15) is 0 Å². The minimum Gasteiger partial charge on any atom is -0.492 e. The van der Waals surface area contributed by atoms with Crippen molar-refractivity contribution in [1.82, 2.24) is 14.9 Å². The van der Waals surface area contributed by atoms with E-state index in [1.165, 1.54) is 6.20 Å². The normalized spacial score (nSPS) is 15.3. The van der Waals surface area contributed by atoms with Gasteiger partial charge in [-0.15, -0.1) is 0 Å². The van der Waals surface area contributed by atoms with E-state index in [4.69, 9.17) is 25.8 Å². The zero-order valence-electron chi connectivity index (χ0n) is 18.1. The smallest absolute Gasteiger partial charge is 0.233 e. The molecule has 0 saturated carbocycles. The van der Waals surface area contributed by atoms with Crippen LogP contribution in [0.2, 0.25) is 5.02 Å². The van der Waals surface area contributed by atoms with E-state index in [0.717, 1.165) is 56.3 Å². The van der Waals surface area contributed by atoms with Gasteiger partial charge in [0.2, 0.25) is 5.88 Å². The average Bonchev–Trinajstić information content (AvgIpc) is 2.83. The standard InChI is InChI=1S/C24H24ClF2N3O3/c1-16(23-19(26)6-7-20(27)24(23)25)33-22-15-28-14-21(29-22)17-2-4-18(5-3-17)32-13-10-30-8-11-31-12-9-30/h2-7,14-16H,8-13H2,1H3. The highest BCUT2D eigenvalue weighted by atomic mass is 35.5. The summed E-state index contributed by atoms with van der Waals surface area (Å²) in [6.45, 7) is 6.40. The molecule has 2 heterocycles. The van der Waals surface area contributed by atoms with Gasteiger partial charge in [0.05, 0.1) is 36.3 Å². The molecule has 1 aliphatic rings. The second-order valence-electron chi connectivity index (χ2n) is 7.59. The SMILES string of the molecule is CC(Oc1cncc(-c2ccc(OCCN3CCOCC3)cc2)n1)c1c(F)ccc(F)c1Cl. The van der Waals surface area contributed by atoms with E-state index in [0.29, 0.717) is 12.3 Å². The number of benzene rings is 2. The van der Waals surface area contributed by atoms with Gasteiger partial charge < -0.3 is 14.2 Å². The topological polar surface area (TPSA) is 56.7 Å². The third-order valence-corrected chi connectivity index (χ3v) is 5.71. The van der Waals surface area contributed by atoms with Crippen molar-refractivity contribution in [3.8, 4) is 22.9 Å². The third kappa shape index (κ3) is 5.96. The molecule has 174 valence electrons. The lowest BCUT2D eigenvalue weighted by atomic mass is 10.1. The van der Waals surface area contributed by atoms with Gasteiger partial charge in [0.1, 0.15) is 30.1 Å². The summed E-state index contributed by atoms with van der Waals surface area (Å²) in [4.78, 5) is 10.9. The van der Waals surface area contributed by atoms with E-state index in [-0.39, 0.29) is 16.5 Å². The van der Waals surface area contributed by atoms with Crippen LogP contribution in [-0.4, -0.2) is 54.3 Å². The number of halogens is 3. The monoisotopic (exact) mass is 475 g/mol. The van der Waals surface area contributed by atoms with Crippen molar-refractivity contribution in [1.29, 1.82) is 0 Å². The number of rotatable bonds is 8. The van der Waals surface area contributed by atoms with Crippen LogP contribution < -0.4 is 9.47 Å². The Bertz CT molecular complexity index is 1080. The second-order valence-corrected chi connectivity index (χ2v) is 7.96. The van der Waals surface area contributed by atoms with Gasteiger partial charge in [-0.1, -0.05) is 11.6 Å². The molecule has 9 heteroatoms. The van der Waals surface area contributed by atoms with Crippen LogP contribution in [-0.2, 0) is 4.74 Å². The number of hydrogen-bond acceptors (Lipinski definition) is 6. The Morgan fingerprint density at radius 3 is 2.55 bits per heavy atom. The number of aromatic nitrogens is 2. The van der Waals surface area contributed by atoms with Crippen LogP contribution in [0.1, 0.15) is 18.6 Å². The second kappa shape index (κ2) is 10.9. The molecule has 0 amide bonds. The zero-order chi connectivity index (χ0) is 23.2. The van der Waals surface area contributed by atoms with Crippen LogP contribution in [0.25, 0.3) is 11.3 Å². The molecule has 0 bridgehead atoms. The summed E-state index contributed by atoms with van der Waals surface area (Å²) in [5.74, 6) is -0.430. The van der Waals surface area contributed by atoms with Crippen LogP contribution in [0.5, 0.6) is 11.6 Å². The molecular formula is C24H24ClF2N3O3. The number of ether oxygens (including phenoxy) is 3. The predicted molar refractivity (Wildman–Crippen MR) is 121 cm³/mol. The van der Waals surface area contributed by atoms with E-state index in [2.05, 4.69) is 14.9 Å². The maximum Gasteiger partial charge on any atom is 0.233 e. The Morgan fingerprint density at radius 2 is 1.79 bits per heavy atom. The van der Waals surface area contributed by atoms with Gasteiger partial charge in [0.25, 0.3) is 0 Å². The summed E-state index contributed by atoms with van der Waals surface area (Å²) >= 11 is 5.93. The number of nitrogens with zero attached hydrogens (tertiary/aromatic N) is 3. The van der Waals surface area contributed by atoms with Crippen LogP contribution >= 0.6 is 11.6 Å². The molecule has 33 heavy (non-hydrogen) atoms. The Hall–Kier alpha value is -2.81. The summed E-state index contributed by atoms with van der Waals surface area (Å²) in [6.07, 6.45) is 2.15. The Kier molecular flexibility index (Phi) is 7.69. The number of morpholine rings is 1. The van der Waals surface area contributed by atoms with Crippen LogP contribution in [0, 0.1) is 11.6 Å². The lowest BCUT2D eigenvalue weighted by Gasteiger charge is -2.26. The quantitative estimate of drug-likeness (QED) is 0.431. The average molecular weight is 476 g/mol. The summed E-state index contributed by atoms with van der Waals surface area (Å²) in [5, 5.41) is -0.309. The first-order valence-corrected chi connectivity index (χ1v) is 11.0. The van der Waals surface area contributed by atoms with Crippen molar-refractivity contribution < 1.29 is 23.0 Å². The molecule has 0 N–H and O–H groups in total. The molecule has 4 rings (SSSR count). The van der Waals surface area contributed by atoms with Gasteiger partial charge in [0, 0.05) is 30.8 Å². The summed E-state index contributed by atoms with van der Waals surface area (Å²) in [7, 11) is 0. The maximum absolute atomic E-state index is 14.2. The van der Waals surface area contributed by atoms with Gasteiger partial charge in [-0.3, -0.25) is 9.88 Å². The van der Waals surface area contributed by atoms with Gasteiger partial charge in [-0.05, 0) is 43.3 Å². The third-order valence-electron chi connectivity index (χ3n) is 5.33. The highest BCUT2D eigenvalue weighted by Gasteiger charge is 2.20. The molecule has 1 aromatic heterocycles. The first kappa shape index (κ1) is 23.4. The Morgan fingerprint density at radius 1 is 1.06 bits per heavy atom. The minimum atomic E-state index is -0.861. The lowest BCUT2D eigenvalue weighted by Crippen LogP contribution is -2.38. The van der Waals surface area contributed by atoms with E-state index >= 15 is 0 Å². The molecule has 0 spiro atoms.